The van der Waals surface area contributed by atoms with E-state index in [0.717, 1.165) is 30.0 Å². The Kier molecular flexibility index (Phi) is 7.03. The second kappa shape index (κ2) is 9.91. The zero-order chi connectivity index (χ0) is 24.1. The van der Waals surface area contributed by atoms with Gasteiger partial charge in [-0.05, 0) is 48.5 Å². The number of carbonyl (C=O) groups excluding carboxylic acids is 2. The van der Waals surface area contributed by atoms with Crippen molar-refractivity contribution < 1.29 is 28.9 Å². The van der Waals surface area contributed by atoms with Gasteiger partial charge in [-0.3, -0.25) is 29.8 Å². The van der Waals surface area contributed by atoms with E-state index in [4.69, 9.17) is 9.47 Å². The Balaban J connectivity index is 1.90. The van der Waals surface area contributed by atoms with Gasteiger partial charge in [-0.25, -0.2) is 0 Å². The smallest absolute Gasteiger partial charge is 0.318 e. The second-order valence-electron chi connectivity index (χ2n) is 6.42. The molecule has 12 nitrogen and oxygen atoms in total. The molecular formula is C20H16N4O8S. The highest BCUT2D eigenvalue weighted by Gasteiger charge is 2.24. The van der Waals surface area contributed by atoms with Crippen molar-refractivity contribution in [1.82, 2.24) is 5.32 Å². The summed E-state index contributed by atoms with van der Waals surface area (Å²) < 4.78 is 11.2. The Morgan fingerprint density at radius 1 is 1.12 bits per heavy atom. The molecular weight excluding hydrogens is 456 g/mol. The van der Waals surface area contributed by atoms with E-state index >= 15 is 0 Å². The van der Waals surface area contributed by atoms with Crippen LogP contribution in [0.25, 0.3) is 6.08 Å². The number of nitro benzene ring substituents is 2. The van der Waals surface area contributed by atoms with Gasteiger partial charge in [0.05, 0.1) is 27.4 Å². The maximum absolute atomic E-state index is 12.1. The van der Waals surface area contributed by atoms with Crippen LogP contribution in [-0.2, 0) is 9.59 Å². The van der Waals surface area contributed by atoms with Crippen molar-refractivity contribution in [2.75, 3.05) is 6.61 Å². The van der Waals surface area contributed by atoms with Gasteiger partial charge >= 0.3 is 5.69 Å². The summed E-state index contributed by atoms with van der Waals surface area (Å²) in [4.78, 5) is 48.0. The molecule has 0 aliphatic carbocycles. The van der Waals surface area contributed by atoms with E-state index in [1.165, 1.54) is 13.0 Å². The highest BCUT2D eigenvalue weighted by Crippen LogP contribution is 2.39. The van der Waals surface area contributed by atoms with Crippen LogP contribution in [0.5, 0.6) is 17.2 Å². The molecule has 2 aromatic rings. The van der Waals surface area contributed by atoms with Gasteiger partial charge in [-0.15, -0.1) is 0 Å². The lowest BCUT2D eigenvalue weighted by Crippen LogP contribution is -2.23. The maximum Gasteiger partial charge on any atom is 0.318 e. The third-order valence-corrected chi connectivity index (χ3v) is 4.94. The first-order valence-electron chi connectivity index (χ1n) is 9.35. The number of carbonyl (C=O) groups is 2. The van der Waals surface area contributed by atoms with Crippen molar-refractivity contribution in [3.05, 3.63) is 67.1 Å². The van der Waals surface area contributed by atoms with Crippen LogP contribution in [0.1, 0.15) is 19.4 Å². The minimum atomic E-state index is -0.781. The van der Waals surface area contributed by atoms with Crippen LogP contribution in [0.3, 0.4) is 0 Å². The highest BCUT2D eigenvalue weighted by molar-refractivity contribution is 8.18. The maximum atomic E-state index is 12.1. The number of hydrogen-bond acceptors (Lipinski definition) is 9. The van der Waals surface area contributed by atoms with Crippen LogP contribution >= 0.6 is 11.8 Å². The molecule has 0 radical (unpaired) electrons. The van der Waals surface area contributed by atoms with E-state index in [1.807, 2.05) is 0 Å². The summed E-state index contributed by atoms with van der Waals surface area (Å²) in [6, 6.07) is 7.68. The molecule has 0 bridgehead atoms. The summed E-state index contributed by atoms with van der Waals surface area (Å²) in [7, 11) is 0. The van der Waals surface area contributed by atoms with E-state index in [0.29, 0.717) is 5.56 Å². The van der Waals surface area contributed by atoms with Crippen LogP contribution in [0.15, 0.2) is 46.3 Å². The number of benzene rings is 2. The molecule has 0 saturated heterocycles. The van der Waals surface area contributed by atoms with Gasteiger partial charge in [0, 0.05) is 13.0 Å². The lowest BCUT2D eigenvalue weighted by Gasteiger charge is -2.12. The molecule has 170 valence electrons. The lowest BCUT2D eigenvalue weighted by atomic mass is 10.2. The van der Waals surface area contributed by atoms with Crippen LogP contribution in [0, 0.1) is 20.2 Å². The highest BCUT2D eigenvalue weighted by atomic mass is 32.2. The number of hydrogen-bond donors (Lipinski definition) is 1. The molecule has 1 heterocycles. The fourth-order valence-corrected chi connectivity index (χ4v) is 3.56. The molecule has 0 unspecified atom stereocenters. The number of non-ortho nitro benzene ring substituents is 1. The molecule has 33 heavy (non-hydrogen) atoms. The number of thioether (sulfide) groups is 1. The minimum absolute atomic E-state index is 0.136. The van der Waals surface area contributed by atoms with E-state index in [9.17, 15) is 29.8 Å². The zero-order valence-corrected chi connectivity index (χ0v) is 18.1. The first-order chi connectivity index (χ1) is 15.7. The van der Waals surface area contributed by atoms with Crippen LogP contribution in [0.2, 0.25) is 0 Å². The van der Waals surface area contributed by atoms with Crippen molar-refractivity contribution in [1.29, 1.82) is 0 Å². The Bertz CT molecular complexity index is 1220. The third kappa shape index (κ3) is 5.71. The molecule has 2 amide bonds. The summed E-state index contributed by atoms with van der Waals surface area (Å²) in [6.45, 7) is 3.28. The Morgan fingerprint density at radius 3 is 2.48 bits per heavy atom. The average Bonchev–Trinajstić information content (AvgIpc) is 3.07. The van der Waals surface area contributed by atoms with Gasteiger partial charge in [-0.1, -0.05) is 6.07 Å². The number of amides is 2. The van der Waals surface area contributed by atoms with E-state index in [2.05, 4.69) is 10.3 Å². The molecule has 0 atom stereocenters. The first-order valence-corrected chi connectivity index (χ1v) is 10.2. The summed E-state index contributed by atoms with van der Waals surface area (Å²) in [6.07, 6.45) is 1.55. The zero-order valence-electron chi connectivity index (χ0n) is 17.3. The van der Waals surface area contributed by atoms with Crippen molar-refractivity contribution in [2.24, 2.45) is 4.99 Å². The number of amidine groups is 1. The van der Waals surface area contributed by atoms with Crippen LogP contribution < -0.4 is 14.8 Å². The first kappa shape index (κ1) is 23.4. The Morgan fingerprint density at radius 2 is 1.85 bits per heavy atom. The SMILES string of the molecule is CCOc1cc(/C=C2\SC(NC(C)=O)=NC2=O)ccc1Oc1ccc([N+](=O)[O-])cc1[N+](=O)[O-]. The fraction of sp³-hybridized carbons (Fsp3) is 0.150. The molecule has 1 aliphatic heterocycles. The number of nitrogens with zero attached hydrogens (tertiary/aromatic N) is 3. The average molecular weight is 472 g/mol. The van der Waals surface area contributed by atoms with Crippen molar-refractivity contribution >= 4 is 46.2 Å². The van der Waals surface area contributed by atoms with Gasteiger partial charge in [0.15, 0.2) is 16.7 Å². The largest absolute Gasteiger partial charge is 0.490 e. The summed E-state index contributed by atoms with van der Waals surface area (Å²) in [5, 5.41) is 24.9. The molecule has 3 rings (SSSR count). The quantitative estimate of drug-likeness (QED) is 0.358. The summed E-state index contributed by atoms with van der Waals surface area (Å²) in [5.41, 5.74) is -0.465. The Hall–Kier alpha value is -4.26. The third-order valence-electron chi connectivity index (χ3n) is 4.04. The predicted molar refractivity (Wildman–Crippen MR) is 119 cm³/mol. The molecule has 0 aromatic heterocycles. The Labute approximate surface area is 190 Å². The van der Waals surface area contributed by atoms with Crippen molar-refractivity contribution in [3.63, 3.8) is 0 Å². The standard InChI is InChI=1S/C20H16N4O8S/c1-3-31-17-8-12(9-18-19(26)22-20(33-18)21-11(2)25)4-6-16(17)32-15-7-5-13(23(27)28)10-14(15)24(29)30/h4-10H,3H2,1-2H3,(H,21,22,25,26)/b18-9-. The van der Waals surface area contributed by atoms with Crippen molar-refractivity contribution in [2.45, 2.75) is 13.8 Å². The molecule has 0 spiro atoms. The molecule has 0 fully saturated rings. The minimum Gasteiger partial charge on any atom is -0.490 e. The molecule has 0 saturated carbocycles. The molecule has 1 N–H and O–H groups in total. The number of nitrogens with one attached hydrogen (secondary N) is 1. The number of rotatable bonds is 7. The van der Waals surface area contributed by atoms with Gasteiger partial charge in [0.1, 0.15) is 0 Å². The lowest BCUT2D eigenvalue weighted by molar-refractivity contribution is -0.394. The number of nitro groups is 2. The summed E-state index contributed by atoms with van der Waals surface area (Å²) in [5.74, 6) is -0.693. The van der Waals surface area contributed by atoms with Gasteiger partial charge in [0.25, 0.3) is 11.6 Å². The monoisotopic (exact) mass is 472 g/mol. The van der Waals surface area contributed by atoms with Gasteiger partial charge in [-0.2, -0.15) is 4.99 Å². The van der Waals surface area contributed by atoms with Gasteiger partial charge < -0.3 is 14.8 Å². The van der Waals surface area contributed by atoms with E-state index in [-0.39, 0.29) is 39.8 Å². The number of ether oxygens (including phenoxy) is 2. The fourth-order valence-electron chi connectivity index (χ4n) is 2.70. The van der Waals surface area contributed by atoms with E-state index in [1.54, 1.807) is 25.1 Å². The molecule has 2 aromatic carbocycles. The van der Waals surface area contributed by atoms with Gasteiger partial charge in [0.2, 0.25) is 11.7 Å². The molecule has 13 heteroatoms. The normalized spacial score (nSPS) is 14.1. The van der Waals surface area contributed by atoms with Crippen LogP contribution in [0.4, 0.5) is 11.4 Å². The number of aliphatic imine (C=N–C) groups is 1. The topological polar surface area (TPSA) is 163 Å². The summed E-state index contributed by atoms with van der Waals surface area (Å²) >= 11 is 1.00. The van der Waals surface area contributed by atoms with Crippen LogP contribution in [-0.4, -0.2) is 33.4 Å². The second-order valence-corrected chi connectivity index (χ2v) is 7.45. The van der Waals surface area contributed by atoms with Crippen molar-refractivity contribution in [3.8, 4) is 17.2 Å². The molecule has 1 aliphatic rings. The predicted octanol–water partition coefficient (Wildman–Crippen LogP) is 3.80. The van der Waals surface area contributed by atoms with E-state index < -0.39 is 27.1 Å².